The highest BCUT2D eigenvalue weighted by Gasteiger charge is 2.18. The summed E-state index contributed by atoms with van der Waals surface area (Å²) in [5, 5.41) is 11.1. The Morgan fingerprint density at radius 3 is 2.47 bits per heavy atom. The number of fused-ring (bicyclic) bond motifs is 1. The van der Waals surface area contributed by atoms with E-state index in [2.05, 4.69) is 40.1 Å². The Bertz CT molecular complexity index is 1320. The van der Waals surface area contributed by atoms with Gasteiger partial charge in [0.1, 0.15) is 5.82 Å². The van der Waals surface area contributed by atoms with Crippen LogP contribution in [0.25, 0.3) is 22.4 Å². The Labute approximate surface area is 185 Å². The number of H-pyrrole nitrogens is 1. The summed E-state index contributed by atoms with van der Waals surface area (Å²) in [5.74, 6) is 1.19. The van der Waals surface area contributed by atoms with Crippen molar-refractivity contribution in [2.45, 2.75) is 12.1 Å². The van der Waals surface area contributed by atoms with Crippen LogP contribution < -0.4 is 10.0 Å². The molecule has 0 saturated carbocycles. The number of benzene rings is 1. The molecule has 3 aromatic heterocycles. The summed E-state index contributed by atoms with van der Waals surface area (Å²) in [6.07, 6.45) is 2.75. The lowest BCUT2D eigenvalue weighted by molar-refractivity contribution is 0.425. The van der Waals surface area contributed by atoms with Crippen molar-refractivity contribution in [2.75, 3.05) is 37.2 Å². The normalized spacial score (nSPS) is 11.8. The van der Waals surface area contributed by atoms with E-state index in [0.717, 1.165) is 23.2 Å². The molecule has 3 heterocycles. The van der Waals surface area contributed by atoms with Gasteiger partial charge in [0.2, 0.25) is 0 Å². The van der Waals surface area contributed by atoms with Crippen molar-refractivity contribution in [2.24, 2.45) is 0 Å². The fourth-order valence-corrected chi connectivity index (χ4v) is 3.98. The summed E-state index contributed by atoms with van der Waals surface area (Å²) in [4.78, 5) is 18.9. The maximum Gasteiger partial charge on any atom is 0.297 e. The van der Waals surface area contributed by atoms with E-state index in [9.17, 15) is 8.42 Å². The van der Waals surface area contributed by atoms with E-state index in [0.29, 0.717) is 29.5 Å². The van der Waals surface area contributed by atoms with Crippen LogP contribution in [0.2, 0.25) is 0 Å². The van der Waals surface area contributed by atoms with Crippen LogP contribution in [0, 0.1) is 6.92 Å². The number of likely N-dealkylation sites (N-methyl/N-ethyl adjacent to an activating group) is 1. The maximum absolute atomic E-state index is 12.4. The lowest BCUT2D eigenvalue weighted by Gasteiger charge is -2.12. The van der Waals surface area contributed by atoms with Gasteiger partial charge in [-0.2, -0.15) is 13.5 Å². The summed E-state index contributed by atoms with van der Waals surface area (Å²) in [7, 11) is 0.139. The first kappa shape index (κ1) is 21.6. The summed E-state index contributed by atoms with van der Waals surface area (Å²) < 4.78 is 27.3. The van der Waals surface area contributed by atoms with Gasteiger partial charge in [-0.05, 0) is 51.4 Å². The Morgan fingerprint density at radius 2 is 1.78 bits per heavy atom. The quantitative estimate of drug-likeness (QED) is 0.341. The van der Waals surface area contributed by atoms with Gasteiger partial charge >= 0.3 is 0 Å². The van der Waals surface area contributed by atoms with Gasteiger partial charge in [0, 0.05) is 36.7 Å². The number of hydrogen-bond donors (Lipinski definition) is 3. The molecule has 0 atom stereocenters. The van der Waals surface area contributed by atoms with Crippen LogP contribution in [0.4, 0.5) is 11.5 Å². The molecule has 0 fully saturated rings. The van der Waals surface area contributed by atoms with E-state index in [1.807, 2.05) is 21.0 Å². The summed E-state index contributed by atoms with van der Waals surface area (Å²) in [5.41, 5.74) is 2.55. The van der Waals surface area contributed by atoms with E-state index in [-0.39, 0.29) is 5.16 Å². The lowest BCUT2D eigenvalue weighted by Crippen LogP contribution is -2.21. The molecule has 0 saturated heterocycles. The molecule has 0 aliphatic rings. The fraction of sp³-hybridized carbons (Fsp3) is 0.250. The molecule has 166 valence electrons. The van der Waals surface area contributed by atoms with Crippen molar-refractivity contribution in [3.63, 3.8) is 0 Å². The first-order valence-electron chi connectivity index (χ1n) is 9.85. The summed E-state index contributed by atoms with van der Waals surface area (Å²) >= 11 is 0. The zero-order valence-electron chi connectivity index (χ0n) is 17.9. The topological polar surface area (TPSA) is 142 Å². The Balaban J connectivity index is 1.60. The van der Waals surface area contributed by atoms with Crippen LogP contribution in [-0.4, -0.2) is 70.6 Å². The molecule has 1 aromatic carbocycles. The predicted octanol–water partition coefficient (Wildman–Crippen LogP) is 1.89. The molecule has 0 unspecified atom stereocenters. The number of hydrogen-bond acceptors (Lipinski definition) is 9. The number of rotatable bonds is 8. The van der Waals surface area contributed by atoms with Gasteiger partial charge in [0.25, 0.3) is 15.2 Å². The van der Waals surface area contributed by atoms with Crippen molar-refractivity contribution >= 4 is 32.6 Å². The third kappa shape index (κ3) is 4.65. The molecule has 0 radical (unpaired) electrons. The Kier molecular flexibility index (Phi) is 5.97. The summed E-state index contributed by atoms with van der Waals surface area (Å²) in [6, 6.07) is 8.33. The van der Waals surface area contributed by atoms with Crippen molar-refractivity contribution in [1.82, 2.24) is 35.0 Å². The van der Waals surface area contributed by atoms with Crippen LogP contribution >= 0.6 is 0 Å². The Morgan fingerprint density at radius 1 is 1.06 bits per heavy atom. The second-order valence-electron chi connectivity index (χ2n) is 7.37. The Hall–Kier alpha value is -3.64. The van der Waals surface area contributed by atoms with Crippen LogP contribution in [0.5, 0.6) is 0 Å². The first-order valence-corrected chi connectivity index (χ1v) is 11.3. The SMILES string of the molecule is Cc1n[nH]c2nc(-c3ccc(NS(=O)(=O)c4ncccn4)cc3)nc(NCCN(C)C)c12. The number of aromatic nitrogens is 6. The maximum atomic E-state index is 12.4. The highest BCUT2D eigenvalue weighted by molar-refractivity contribution is 7.92. The minimum absolute atomic E-state index is 0.291. The van der Waals surface area contributed by atoms with Gasteiger partial charge in [-0.3, -0.25) is 9.82 Å². The standard InChI is InChI=1S/C20H23N9O2S/c1-13-16-18(21-11-12-29(2)3)24-17(25-19(16)27-26-13)14-5-7-15(8-6-14)28-32(30,31)20-22-9-4-10-23-20/h4-10,28H,11-12H2,1-3H3,(H2,21,24,25,26,27). The number of sulfonamides is 1. The monoisotopic (exact) mass is 453 g/mol. The minimum atomic E-state index is -3.87. The molecular formula is C20H23N9O2S. The number of anilines is 2. The third-order valence-electron chi connectivity index (χ3n) is 4.63. The zero-order valence-corrected chi connectivity index (χ0v) is 18.7. The highest BCUT2D eigenvalue weighted by atomic mass is 32.2. The van der Waals surface area contributed by atoms with Gasteiger partial charge in [0.05, 0.1) is 11.1 Å². The number of nitrogens with one attached hydrogen (secondary N) is 3. The second-order valence-corrected chi connectivity index (χ2v) is 8.95. The van der Waals surface area contributed by atoms with Gasteiger partial charge < -0.3 is 10.2 Å². The average Bonchev–Trinajstić information content (AvgIpc) is 3.15. The average molecular weight is 454 g/mol. The first-order chi connectivity index (χ1) is 15.3. The number of aryl methyl sites for hydroxylation is 1. The molecule has 12 heteroatoms. The van der Waals surface area contributed by atoms with Crippen molar-refractivity contribution in [3.05, 3.63) is 48.4 Å². The van der Waals surface area contributed by atoms with Crippen LogP contribution in [0.3, 0.4) is 0 Å². The molecule has 4 aromatic rings. The largest absolute Gasteiger partial charge is 0.368 e. The number of nitrogens with zero attached hydrogens (tertiary/aromatic N) is 6. The molecule has 0 spiro atoms. The molecule has 3 N–H and O–H groups in total. The predicted molar refractivity (Wildman–Crippen MR) is 122 cm³/mol. The van der Waals surface area contributed by atoms with Crippen LogP contribution in [0.1, 0.15) is 5.69 Å². The molecule has 11 nitrogen and oxygen atoms in total. The van der Waals surface area contributed by atoms with Crippen molar-refractivity contribution < 1.29 is 8.42 Å². The molecule has 0 aliphatic heterocycles. The van der Waals surface area contributed by atoms with E-state index in [1.165, 1.54) is 12.4 Å². The molecule has 32 heavy (non-hydrogen) atoms. The highest BCUT2D eigenvalue weighted by Crippen LogP contribution is 2.27. The molecular weight excluding hydrogens is 430 g/mol. The lowest BCUT2D eigenvalue weighted by atomic mass is 10.2. The number of aromatic amines is 1. The molecule has 0 bridgehead atoms. The summed E-state index contributed by atoms with van der Waals surface area (Å²) in [6.45, 7) is 3.46. The van der Waals surface area contributed by atoms with E-state index >= 15 is 0 Å². The van der Waals surface area contributed by atoms with Gasteiger partial charge in [-0.25, -0.2) is 19.9 Å². The van der Waals surface area contributed by atoms with E-state index in [1.54, 1.807) is 30.3 Å². The van der Waals surface area contributed by atoms with Crippen LogP contribution in [0.15, 0.2) is 47.9 Å². The fourth-order valence-electron chi connectivity index (χ4n) is 3.04. The van der Waals surface area contributed by atoms with Gasteiger partial charge in [0.15, 0.2) is 11.5 Å². The van der Waals surface area contributed by atoms with Crippen molar-refractivity contribution in [3.8, 4) is 11.4 Å². The zero-order chi connectivity index (χ0) is 22.7. The minimum Gasteiger partial charge on any atom is -0.368 e. The van der Waals surface area contributed by atoms with Gasteiger partial charge in [-0.15, -0.1) is 0 Å². The van der Waals surface area contributed by atoms with Crippen molar-refractivity contribution in [1.29, 1.82) is 0 Å². The molecule has 0 amide bonds. The third-order valence-corrected chi connectivity index (χ3v) is 5.83. The van der Waals surface area contributed by atoms with Crippen LogP contribution in [-0.2, 0) is 10.0 Å². The molecule has 0 aliphatic carbocycles. The van der Waals surface area contributed by atoms with E-state index in [4.69, 9.17) is 4.98 Å². The van der Waals surface area contributed by atoms with E-state index < -0.39 is 10.0 Å². The second kappa shape index (κ2) is 8.85. The van der Waals surface area contributed by atoms with Gasteiger partial charge in [-0.1, -0.05) is 0 Å². The smallest absolute Gasteiger partial charge is 0.297 e. The molecule has 4 rings (SSSR count).